The number of aliphatic hydroxyl groups excluding tert-OH is 1. The van der Waals surface area contributed by atoms with E-state index in [1.54, 1.807) is 16.8 Å². The van der Waals surface area contributed by atoms with Crippen molar-refractivity contribution in [3.8, 4) is 5.88 Å². The van der Waals surface area contributed by atoms with Crippen molar-refractivity contribution in [3.63, 3.8) is 0 Å². The van der Waals surface area contributed by atoms with Crippen molar-refractivity contribution in [2.24, 2.45) is 7.05 Å². The second-order valence-corrected chi connectivity index (χ2v) is 4.32. The summed E-state index contributed by atoms with van der Waals surface area (Å²) in [5.74, 6) is 0.435. The molecule has 0 saturated heterocycles. The van der Waals surface area contributed by atoms with Gasteiger partial charge in [-0.3, -0.25) is 4.68 Å². The smallest absolute Gasteiger partial charge is 0.233 e. The number of aromatic nitrogens is 4. The number of aryl methyl sites for hydroxylation is 2. The van der Waals surface area contributed by atoms with Gasteiger partial charge in [0.15, 0.2) is 0 Å². The van der Waals surface area contributed by atoms with Crippen LogP contribution in [0, 0.1) is 0 Å². The van der Waals surface area contributed by atoms with Gasteiger partial charge in [-0.1, -0.05) is 6.92 Å². The molecule has 19 heavy (non-hydrogen) atoms. The van der Waals surface area contributed by atoms with Gasteiger partial charge in [0.1, 0.15) is 6.10 Å². The van der Waals surface area contributed by atoms with E-state index >= 15 is 0 Å². The van der Waals surface area contributed by atoms with Crippen LogP contribution in [0.1, 0.15) is 30.1 Å². The lowest BCUT2D eigenvalue weighted by atomic mass is 10.1. The first-order valence-corrected chi connectivity index (χ1v) is 6.21. The highest BCUT2D eigenvalue weighted by Gasteiger charge is 2.14. The molecular weight excluding hydrogens is 244 g/mol. The second kappa shape index (κ2) is 5.79. The fourth-order valence-corrected chi connectivity index (χ4v) is 1.85. The van der Waals surface area contributed by atoms with Crippen LogP contribution in [0.25, 0.3) is 0 Å². The Morgan fingerprint density at radius 2 is 2.16 bits per heavy atom. The van der Waals surface area contributed by atoms with E-state index in [1.165, 1.54) is 7.11 Å². The van der Waals surface area contributed by atoms with E-state index in [4.69, 9.17) is 4.74 Å². The number of rotatable bonds is 5. The fraction of sp³-hybridized carbons (Fsp3) is 0.462. The topological polar surface area (TPSA) is 73.1 Å². The first-order valence-electron chi connectivity index (χ1n) is 6.21. The summed E-state index contributed by atoms with van der Waals surface area (Å²) in [5.41, 5.74) is 2.52. The molecule has 0 aliphatic carbocycles. The monoisotopic (exact) mass is 262 g/mol. The molecule has 0 fully saturated rings. The highest BCUT2D eigenvalue weighted by atomic mass is 16.5. The van der Waals surface area contributed by atoms with Crippen LogP contribution < -0.4 is 4.74 Å². The minimum Gasteiger partial charge on any atom is -0.480 e. The van der Waals surface area contributed by atoms with Crippen LogP contribution >= 0.6 is 0 Å². The molecule has 2 aromatic rings. The summed E-state index contributed by atoms with van der Waals surface area (Å²) in [6.07, 6.45) is 0.648. The minimum atomic E-state index is -0.696. The molecule has 0 saturated carbocycles. The lowest BCUT2D eigenvalue weighted by Crippen LogP contribution is -2.08. The number of ether oxygens (including phenoxy) is 1. The Hall–Kier alpha value is -1.95. The SMILES string of the molecule is CCc1cc(CC(O)c2ccc(OC)nn2)n(C)n1. The first kappa shape index (κ1) is 13.5. The van der Waals surface area contributed by atoms with Gasteiger partial charge in [0.2, 0.25) is 5.88 Å². The average molecular weight is 262 g/mol. The van der Waals surface area contributed by atoms with Gasteiger partial charge < -0.3 is 9.84 Å². The molecule has 0 aromatic carbocycles. The molecule has 1 N–H and O–H groups in total. The highest BCUT2D eigenvalue weighted by molar-refractivity contribution is 5.16. The van der Waals surface area contributed by atoms with Crippen molar-refractivity contribution >= 4 is 0 Å². The Kier molecular flexibility index (Phi) is 4.11. The lowest BCUT2D eigenvalue weighted by Gasteiger charge is -2.09. The van der Waals surface area contributed by atoms with Gasteiger partial charge >= 0.3 is 0 Å². The summed E-state index contributed by atoms with van der Waals surface area (Å²) in [6, 6.07) is 5.40. The molecule has 6 nitrogen and oxygen atoms in total. The number of aliphatic hydroxyl groups is 1. The molecule has 0 aliphatic rings. The molecule has 0 radical (unpaired) electrons. The van der Waals surface area contributed by atoms with Gasteiger partial charge in [0, 0.05) is 25.2 Å². The Morgan fingerprint density at radius 1 is 1.37 bits per heavy atom. The maximum atomic E-state index is 10.2. The van der Waals surface area contributed by atoms with E-state index in [-0.39, 0.29) is 0 Å². The predicted molar refractivity (Wildman–Crippen MR) is 69.8 cm³/mol. The van der Waals surface area contributed by atoms with Crippen LogP contribution in [-0.2, 0) is 19.9 Å². The van der Waals surface area contributed by atoms with Crippen LogP contribution in [0.3, 0.4) is 0 Å². The molecule has 2 heterocycles. The third-order valence-corrected chi connectivity index (χ3v) is 3.00. The Labute approximate surface area is 112 Å². The normalized spacial score (nSPS) is 12.4. The lowest BCUT2D eigenvalue weighted by molar-refractivity contribution is 0.169. The summed E-state index contributed by atoms with van der Waals surface area (Å²) in [7, 11) is 3.41. The first-order chi connectivity index (χ1) is 9.13. The zero-order valence-corrected chi connectivity index (χ0v) is 11.4. The zero-order valence-electron chi connectivity index (χ0n) is 11.4. The molecule has 1 atom stereocenters. The molecule has 1 unspecified atom stereocenters. The van der Waals surface area contributed by atoms with Crippen LogP contribution in [0.2, 0.25) is 0 Å². The fourth-order valence-electron chi connectivity index (χ4n) is 1.85. The van der Waals surface area contributed by atoms with Gasteiger partial charge in [-0.25, -0.2) is 0 Å². The van der Waals surface area contributed by atoms with Crippen molar-refractivity contribution in [1.29, 1.82) is 0 Å². The van der Waals surface area contributed by atoms with Gasteiger partial charge in [-0.2, -0.15) is 5.10 Å². The summed E-state index contributed by atoms with van der Waals surface area (Å²) >= 11 is 0. The van der Waals surface area contributed by atoms with E-state index < -0.39 is 6.10 Å². The van der Waals surface area contributed by atoms with Crippen LogP contribution in [0.4, 0.5) is 0 Å². The number of nitrogens with zero attached hydrogens (tertiary/aromatic N) is 4. The Bertz CT molecular complexity index is 536. The molecule has 0 spiro atoms. The molecule has 0 aliphatic heterocycles. The molecule has 102 valence electrons. The largest absolute Gasteiger partial charge is 0.480 e. The Morgan fingerprint density at radius 3 is 2.68 bits per heavy atom. The third-order valence-electron chi connectivity index (χ3n) is 3.00. The summed E-state index contributed by atoms with van der Waals surface area (Å²) in [6.45, 7) is 2.05. The van der Waals surface area contributed by atoms with E-state index in [1.807, 2.05) is 13.1 Å². The van der Waals surface area contributed by atoms with E-state index in [2.05, 4.69) is 22.2 Å². The van der Waals surface area contributed by atoms with Gasteiger partial charge in [0.05, 0.1) is 18.5 Å². The summed E-state index contributed by atoms with van der Waals surface area (Å²) in [4.78, 5) is 0. The Balaban J connectivity index is 2.10. The van der Waals surface area contributed by atoms with E-state index in [0.29, 0.717) is 18.0 Å². The van der Waals surface area contributed by atoms with Crippen LogP contribution in [0.5, 0.6) is 5.88 Å². The molecule has 2 aromatic heterocycles. The maximum absolute atomic E-state index is 10.2. The highest BCUT2D eigenvalue weighted by Crippen LogP contribution is 2.17. The zero-order chi connectivity index (χ0) is 13.8. The van der Waals surface area contributed by atoms with Crippen molar-refractivity contribution in [2.45, 2.75) is 25.9 Å². The standard InChI is InChI=1S/C13H18N4O2/c1-4-9-7-10(17(2)16-9)8-12(18)11-5-6-13(19-3)15-14-11/h5-7,12,18H,4,8H2,1-3H3. The summed E-state index contributed by atoms with van der Waals surface area (Å²) in [5, 5.41) is 22.3. The number of hydrogen-bond acceptors (Lipinski definition) is 5. The molecule has 2 rings (SSSR count). The molecule has 6 heteroatoms. The minimum absolute atomic E-state index is 0.435. The second-order valence-electron chi connectivity index (χ2n) is 4.32. The van der Waals surface area contributed by atoms with Gasteiger partial charge in [0.25, 0.3) is 0 Å². The summed E-state index contributed by atoms with van der Waals surface area (Å²) < 4.78 is 6.73. The average Bonchev–Trinajstić information content (AvgIpc) is 2.79. The van der Waals surface area contributed by atoms with Crippen molar-refractivity contribution < 1.29 is 9.84 Å². The predicted octanol–water partition coefficient (Wildman–Crippen LogP) is 1.06. The van der Waals surface area contributed by atoms with Gasteiger partial charge in [-0.05, 0) is 18.6 Å². The quantitative estimate of drug-likeness (QED) is 0.872. The van der Waals surface area contributed by atoms with E-state index in [9.17, 15) is 5.11 Å². The number of methoxy groups -OCH3 is 1. The van der Waals surface area contributed by atoms with Crippen molar-refractivity contribution in [1.82, 2.24) is 20.0 Å². The van der Waals surface area contributed by atoms with E-state index in [0.717, 1.165) is 17.8 Å². The maximum Gasteiger partial charge on any atom is 0.233 e. The van der Waals surface area contributed by atoms with Crippen molar-refractivity contribution in [2.75, 3.05) is 7.11 Å². The molecule has 0 amide bonds. The van der Waals surface area contributed by atoms with Crippen LogP contribution in [-0.4, -0.2) is 32.2 Å². The van der Waals surface area contributed by atoms with Gasteiger partial charge in [-0.15, -0.1) is 10.2 Å². The molecular formula is C13H18N4O2. The molecule has 0 bridgehead atoms. The third kappa shape index (κ3) is 3.08. The van der Waals surface area contributed by atoms with Crippen molar-refractivity contribution in [3.05, 3.63) is 35.3 Å². The number of hydrogen-bond donors (Lipinski definition) is 1. The van der Waals surface area contributed by atoms with Crippen LogP contribution in [0.15, 0.2) is 18.2 Å².